The van der Waals surface area contributed by atoms with Gasteiger partial charge in [-0.2, -0.15) is 21.6 Å². The summed E-state index contributed by atoms with van der Waals surface area (Å²) >= 11 is 7.45. The van der Waals surface area contributed by atoms with E-state index < -0.39 is 21.5 Å². The molecule has 0 aromatic carbocycles. The van der Waals surface area contributed by atoms with E-state index in [0.717, 1.165) is 68.7 Å². The molecule has 17 heteroatoms. The molecular weight excluding hydrogens is 730 g/mol. The van der Waals surface area contributed by atoms with E-state index in [1.54, 1.807) is 49.0 Å². The van der Waals surface area contributed by atoms with Crippen molar-refractivity contribution in [2.24, 2.45) is 5.73 Å². The van der Waals surface area contributed by atoms with Gasteiger partial charge in [-0.15, -0.1) is 22.7 Å². The van der Waals surface area contributed by atoms with E-state index in [2.05, 4.69) is 36.0 Å². The molecule has 0 saturated heterocycles. The highest BCUT2D eigenvalue weighted by atomic mass is 32.2. The van der Waals surface area contributed by atoms with Gasteiger partial charge in [0.2, 0.25) is 11.8 Å². The monoisotopic (exact) mass is 766 g/mol. The van der Waals surface area contributed by atoms with Crippen LogP contribution < -0.4 is 9.92 Å². The van der Waals surface area contributed by atoms with E-state index in [1.807, 2.05) is 45.0 Å². The summed E-state index contributed by atoms with van der Waals surface area (Å²) in [6.45, 7) is 9.72. The van der Waals surface area contributed by atoms with Crippen LogP contribution in [0.2, 0.25) is 0 Å². The molecule has 268 valence electrons. The second-order valence-corrected chi connectivity index (χ2v) is 14.4. The van der Waals surface area contributed by atoms with Crippen LogP contribution in [0.1, 0.15) is 67.0 Å². The highest BCUT2D eigenvalue weighted by Gasteiger charge is 2.49. The van der Waals surface area contributed by atoms with Gasteiger partial charge in [0, 0.05) is 52.4 Å². The number of nitrogens with two attached hydrogens (primary N) is 1. The van der Waals surface area contributed by atoms with Gasteiger partial charge in [0.1, 0.15) is 15.0 Å². The first-order chi connectivity index (χ1) is 23.7. The van der Waals surface area contributed by atoms with Crippen LogP contribution in [-0.2, 0) is 42.2 Å². The van der Waals surface area contributed by atoms with Gasteiger partial charge in [-0.05, 0) is 68.5 Å². The maximum atomic E-state index is 12.4. The van der Waals surface area contributed by atoms with Crippen LogP contribution in [0, 0.1) is 0 Å². The lowest BCUT2D eigenvalue weighted by Crippen LogP contribution is -2.28. The predicted molar refractivity (Wildman–Crippen MR) is 195 cm³/mol. The number of hydrogen-bond donors (Lipinski definition) is 2. The number of aryl methyl sites for hydroxylation is 5. The van der Waals surface area contributed by atoms with Crippen LogP contribution >= 0.6 is 34.9 Å². The molecule has 0 aliphatic rings. The maximum Gasteiger partial charge on any atom is 0.534 e. The molecule has 0 bridgehead atoms. The largest absolute Gasteiger partial charge is 0.534 e. The zero-order chi connectivity index (χ0) is 37.1. The lowest BCUT2D eigenvalue weighted by atomic mass is 10.2. The van der Waals surface area contributed by atoms with Crippen molar-refractivity contribution in [3.05, 3.63) is 87.4 Å². The predicted octanol–water partition coefficient (Wildman–Crippen LogP) is 7.87. The Kier molecular flexibility index (Phi) is 14.7. The van der Waals surface area contributed by atoms with E-state index >= 15 is 0 Å². The number of pyridine rings is 3. The Morgan fingerprint density at radius 1 is 0.780 bits per heavy atom. The second-order valence-electron chi connectivity index (χ2n) is 10.2. The molecule has 5 aromatic rings. The van der Waals surface area contributed by atoms with Crippen LogP contribution in [-0.4, -0.2) is 48.9 Å². The van der Waals surface area contributed by atoms with Crippen LogP contribution in [0.3, 0.4) is 0 Å². The molecule has 0 amide bonds. The molecule has 10 nitrogen and oxygen atoms in total. The molecule has 0 aliphatic carbocycles. The summed E-state index contributed by atoms with van der Waals surface area (Å²) in [5.41, 5.74) is 5.39. The summed E-state index contributed by atoms with van der Waals surface area (Å²) in [5.74, 6) is -0.364. The molecule has 5 aromatic heterocycles. The summed E-state index contributed by atoms with van der Waals surface area (Å²) in [7, 11) is -5.73. The summed E-state index contributed by atoms with van der Waals surface area (Å²) in [6, 6.07) is 11.1. The Balaban J connectivity index is 0.000000217. The minimum atomic E-state index is -5.73. The van der Waals surface area contributed by atoms with Crippen LogP contribution in [0.15, 0.2) is 55.0 Å². The molecule has 0 atom stereocenters. The SMILES string of the molecule is CCc1cc(-c2nc(O)c(CC)s2)ccn1.CCc1cc(-c2nc(OS(=O)(=O)C(F)(F)F)c(CC)s2)ccn1.CCc1cc(C(N)=S)ccn1. The molecule has 3 N–H and O–H groups in total. The smallest absolute Gasteiger partial charge is 0.492 e. The Bertz CT molecular complexity index is 2000. The minimum absolute atomic E-state index is 0.164. The fourth-order valence-corrected chi connectivity index (χ4v) is 6.47. The van der Waals surface area contributed by atoms with Crippen LogP contribution in [0.5, 0.6) is 11.8 Å². The van der Waals surface area contributed by atoms with Gasteiger partial charge < -0.3 is 15.0 Å². The standard InChI is InChI=1S/C13H13F3N2O3S2.C12H14N2OS.C8H10N2S/c1-3-9-7-8(5-6-17-9)12-18-11(10(4-2)22-12)21-23(19,20)13(14,15)16;1-3-9-7-8(5-6-13-9)12-14-11(15)10(4-2)16-12;1-2-7-5-6(8(9)11)3-4-10-7/h5-7H,3-4H2,1-2H3;5-7,15H,3-4H2,1-2H3;3-5H,2H2,1H3,(H2,9,11). The van der Waals surface area contributed by atoms with Crippen LogP contribution in [0.4, 0.5) is 13.2 Å². The van der Waals surface area contributed by atoms with E-state index in [0.29, 0.717) is 33.3 Å². The number of thiocarbonyl (C=S) groups is 1. The maximum absolute atomic E-state index is 12.4. The summed E-state index contributed by atoms with van der Waals surface area (Å²) in [6.07, 6.45) is 8.70. The first kappa shape index (κ1) is 40.4. The quantitative estimate of drug-likeness (QED) is 0.0811. The number of nitrogens with zero attached hydrogens (tertiary/aromatic N) is 5. The van der Waals surface area contributed by atoms with Gasteiger partial charge in [0.05, 0.1) is 9.75 Å². The Hall–Kier alpha value is -4.06. The van der Waals surface area contributed by atoms with Gasteiger partial charge >= 0.3 is 15.6 Å². The summed E-state index contributed by atoms with van der Waals surface area (Å²) in [5, 5.41) is 10.9. The van der Waals surface area contributed by atoms with Crippen molar-refractivity contribution in [3.8, 4) is 32.9 Å². The molecule has 5 heterocycles. The Morgan fingerprint density at radius 3 is 1.68 bits per heavy atom. The lowest BCUT2D eigenvalue weighted by molar-refractivity contribution is -0.0501. The van der Waals surface area contributed by atoms with E-state index in [9.17, 15) is 26.7 Å². The second kappa shape index (κ2) is 18.3. The molecule has 0 spiro atoms. The minimum Gasteiger partial charge on any atom is -0.492 e. The number of aromatic hydroxyl groups is 1. The van der Waals surface area contributed by atoms with Gasteiger partial charge in [-0.1, -0.05) is 46.8 Å². The third-order valence-corrected chi connectivity index (χ3v) is 10.4. The number of rotatable bonds is 10. The first-order valence-corrected chi connectivity index (χ1v) is 18.9. The van der Waals surface area contributed by atoms with E-state index in [1.165, 1.54) is 0 Å². The number of thiazole rings is 2. The Labute approximate surface area is 302 Å². The van der Waals surface area contributed by atoms with Gasteiger partial charge in [-0.25, -0.2) is 9.97 Å². The molecule has 0 saturated carbocycles. The van der Waals surface area contributed by atoms with Crippen molar-refractivity contribution in [1.29, 1.82) is 0 Å². The average Bonchev–Trinajstić information content (AvgIpc) is 3.70. The zero-order valence-corrected chi connectivity index (χ0v) is 31.2. The fraction of sp³-hybridized carbons (Fsp3) is 0.333. The number of alkyl halides is 3. The van der Waals surface area contributed by atoms with Crippen molar-refractivity contribution in [2.45, 2.75) is 72.2 Å². The average molecular weight is 767 g/mol. The number of aromatic nitrogens is 5. The van der Waals surface area contributed by atoms with Crippen LogP contribution in [0.25, 0.3) is 21.1 Å². The summed E-state index contributed by atoms with van der Waals surface area (Å²) in [4.78, 5) is 22.3. The third-order valence-electron chi connectivity index (χ3n) is 6.77. The van der Waals surface area contributed by atoms with Crippen molar-refractivity contribution < 1.29 is 30.9 Å². The first-order valence-electron chi connectivity index (χ1n) is 15.5. The third kappa shape index (κ3) is 11.0. The highest BCUT2D eigenvalue weighted by Crippen LogP contribution is 2.36. The molecular formula is C33H37F3N6O4S4. The number of halogens is 3. The van der Waals surface area contributed by atoms with E-state index in [4.69, 9.17) is 18.0 Å². The van der Waals surface area contributed by atoms with Crippen molar-refractivity contribution in [1.82, 2.24) is 24.9 Å². The molecule has 0 aliphatic heterocycles. The van der Waals surface area contributed by atoms with Gasteiger partial charge in [0.15, 0.2) is 0 Å². The van der Waals surface area contributed by atoms with Crippen molar-refractivity contribution in [3.63, 3.8) is 0 Å². The normalized spacial score (nSPS) is 11.2. The zero-order valence-electron chi connectivity index (χ0n) is 28.0. The lowest BCUT2D eigenvalue weighted by Gasteiger charge is -2.07. The Morgan fingerprint density at radius 2 is 1.24 bits per heavy atom. The molecule has 5 rings (SSSR count). The summed E-state index contributed by atoms with van der Waals surface area (Å²) < 4.78 is 63.8. The molecule has 50 heavy (non-hydrogen) atoms. The molecule has 0 unspecified atom stereocenters. The van der Waals surface area contributed by atoms with Crippen molar-refractivity contribution >= 4 is 50.0 Å². The van der Waals surface area contributed by atoms with E-state index in [-0.39, 0.29) is 5.88 Å². The van der Waals surface area contributed by atoms with Gasteiger partial charge in [-0.3, -0.25) is 15.0 Å². The number of hydrogen-bond acceptors (Lipinski definition) is 12. The molecule has 0 radical (unpaired) electrons. The molecule has 0 fully saturated rings. The van der Waals surface area contributed by atoms with Crippen molar-refractivity contribution in [2.75, 3.05) is 0 Å². The highest BCUT2D eigenvalue weighted by molar-refractivity contribution is 7.88. The topological polar surface area (TPSA) is 154 Å². The van der Waals surface area contributed by atoms with Gasteiger partial charge in [0.25, 0.3) is 0 Å². The fourth-order valence-electron chi connectivity index (χ4n) is 4.03.